The van der Waals surface area contributed by atoms with E-state index in [1.807, 2.05) is 0 Å². The van der Waals surface area contributed by atoms with Crippen LogP contribution in [0, 0.1) is 5.82 Å². The Hall–Kier alpha value is -0.970. The van der Waals surface area contributed by atoms with E-state index < -0.39 is 5.82 Å². The number of benzene rings is 2. The molecule has 0 aliphatic heterocycles. The number of nitrogen functional groups attached to an aromatic ring is 1. The first-order valence-electron chi connectivity index (χ1n) is 4.93. The Bertz CT molecular complexity index is 585. The van der Waals surface area contributed by atoms with Crippen molar-refractivity contribution in [3.05, 3.63) is 50.7 Å². The lowest BCUT2D eigenvalue weighted by molar-refractivity contribution is 0.622. The Morgan fingerprint density at radius 1 is 1.06 bits per heavy atom. The summed E-state index contributed by atoms with van der Waals surface area (Å²) < 4.78 is 13.6. The van der Waals surface area contributed by atoms with Gasteiger partial charge in [-0.1, -0.05) is 23.2 Å². The largest absolute Gasteiger partial charge is 0.397 e. The summed E-state index contributed by atoms with van der Waals surface area (Å²) in [5, 5.41) is 4.04. The Kier molecular flexibility index (Phi) is 4.00. The summed E-state index contributed by atoms with van der Waals surface area (Å²) in [7, 11) is 0. The van der Waals surface area contributed by atoms with Crippen LogP contribution < -0.4 is 11.1 Å². The molecule has 0 amide bonds. The lowest BCUT2D eigenvalue weighted by Gasteiger charge is -2.11. The predicted octanol–water partition coefficient (Wildman–Crippen LogP) is 5.22. The summed E-state index contributed by atoms with van der Waals surface area (Å²) in [5.74, 6) is -0.415. The van der Waals surface area contributed by atoms with E-state index in [9.17, 15) is 4.39 Å². The highest BCUT2D eigenvalue weighted by atomic mass is 79.9. The Labute approximate surface area is 122 Å². The summed E-state index contributed by atoms with van der Waals surface area (Å²) in [6.45, 7) is 0. The minimum atomic E-state index is -0.415. The number of hydrogen-bond donors (Lipinski definition) is 2. The van der Waals surface area contributed by atoms with Crippen LogP contribution in [0.1, 0.15) is 0 Å². The monoisotopic (exact) mass is 348 g/mol. The molecule has 0 saturated heterocycles. The number of nitrogens with one attached hydrogen (secondary N) is 1. The van der Waals surface area contributed by atoms with Gasteiger partial charge in [0.15, 0.2) is 0 Å². The second-order valence-electron chi connectivity index (χ2n) is 3.64. The summed E-state index contributed by atoms with van der Waals surface area (Å²) in [6, 6.07) is 7.81. The maximum atomic E-state index is 13.2. The van der Waals surface area contributed by atoms with E-state index in [1.54, 1.807) is 24.3 Å². The molecule has 0 atom stereocenters. The maximum absolute atomic E-state index is 13.2. The average Bonchev–Trinajstić information content (AvgIpc) is 2.24. The van der Waals surface area contributed by atoms with Crippen molar-refractivity contribution in [1.82, 2.24) is 0 Å². The van der Waals surface area contributed by atoms with Crippen LogP contribution in [0.2, 0.25) is 10.0 Å². The van der Waals surface area contributed by atoms with Gasteiger partial charge in [-0.05, 0) is 40.2 Å². The number of anilines is 3. The van der Waals surface area contributed by atoms with Crippen molar-refractivity contribution in [1.29, 1.82) is 0 Å². The molecule has 18 heavy (non-hydrogen) atoms. The smallest absolute Gasteiger partial charge is 0.139 e. The van der Waals surface area contributed by atoms with Crippen LogP contribution in [0.25, 0.3) is 0 Å². The molecule has 94 valence electrons. The van der Waals surface area contributed by atoms with Gasteiger partial charge in [0.2, 0.25) is 0 Å². The van der Waals surface area contributed by atoms with Crippen LogP contribution in [0.3, 0.4) is 0 Å². The first kappa shape index (κ1) is 13.5. The Balaban J connectivity index is 2.36. The maximum Gasteiger partial charge on any atom is 0.139 e. The molecule has 0 spiro atoms. The second kappa shape index (κ2) is 5.34. The fraction of sp³-hybridized carbons (Fsp3) is 0. The van der Waals surface area contributed by atoms with Crippen molar-refractivity contribution < 1.29 is 4.39 Å². The van der Waals surface area contributed by atoms with Gasteiger partial charge >= 0.3 is 0 Å². The van der Waals surface area contributed by atoms with Gasteiger partial charge < -0.3 is 11.1 Å². The number of hydrogen-bond acceptors (Lipinski definition) is 2. The summed E-state index contributed by atoms with van der Waals surface area (Å²) in [4.78, 5) is 0. The van der Waals surface area contributed by atoms with Gasteiger partial charge in [-0.3, -0.25) is 0 Å². The van der Waals surface area contributed by atoms with Crippen LogP contribution in [0.4, 0.5) is 21.5 Å². The average molecular weight is 350 g/mol. The zero-order chi connectivity index (χ0) is 13.3. The molecule has 0 radical (unpaired) electrons. The molecule has 0 bridgehead atoms. The molecule has 0 aromatic heterocycles. The first-order valence-corrected chi connectivity index (χ1v) is 6.48. The lowest BCUT2D eigenvalue weighted by Crippen LogP contribution is -1.97. The molecule has 0 saturated carbocycles. The molecular formula is C12H8BrCl2FN2. The molecule has 2 nitrogen and oxygen atoms in total. The lowest BCUT2D eigenvalue weighted by atomic mass is 10.2. The third kappa shape index (κ3) is 3.07. The molecule has 0 unspecified atom stereocenters. The van der Waals surface area contributed by atoms with E-state index in [0.29, 0.717) is 31.6 Å². The Morgan fingerprint density at radius 2 is 1.67 bits per heavy atom. The fourth-order valence-electron chi connectivity index (χ4n) is 1.45. The van der Waals surface area contributed by atoms with Crippen molar-refractivity contribution >= 4 is 56.2 Å². The second-order valence-corrected chi connectivity index (χ2v) is 5.36. The molecule has 3 N–H and O–H groups in total. The number of nitrogens with two attached hydrogens (primary N) is 1. The van der Waals surface area contributed by atoms with Crippen LogP contribution in [-0.4, -0.2) is 0 Å². The van der Waals surface area contributed by atoms with Gasteiger partial charge in [-0.25, -0.2) is 4.39 Å². The van der Waals surface area contributed by atoms with Gasteiger partial charge in [0, 0.05) is 21.8 Å². The number of rotatable bonds is 2. The first-order chi connectivity index (χ1) is 8.45. The highest BCUT2D eigenvalue weighted by Crippen LogP contribution is 2.31. The normalized spacial score (nSPS) is 10.4. The van der Waals surface area contributed by atoms with Crippen LogP contribution >= 0.6 is 39.1 Å². The van der Waals surface area contributed by atoms with Crippen LogP contribution in [0.15, 0.2) is 34.8 Å². The predicted molar refractivity (Wildman–Crippen MR) is 78.3 cm³/mol. The van der Waals surface area contributed by atoms with Gasteiger partial charge in [0.1, 0.15) is 5.82 Å². The molecular weight excluding hydrogens is 342 g/mol. The van der Waals surface area contributed by atoms with Crippen molar-refractivity contribution in [3.63, 3.8) is 0 Å². The topological polar surface area (TPSA) is 38.0 Å². The minimum absolute atomic E-state index is 0.298. The molecule has 2 aromatic rings. The number of halogens is 4. The quantitative estimate of drug-likeness (QED) is 0.729. The van der Waals surface area contributed by atoms with Crippen molar-refractivity contribution in [2.75, 3.05) is 11.1 Å². The van der Waals surface area contributed by atoms with Crippen molar-refractivity contribution in [2.24, 2.45) is 0 Å². The van der Waals surface area contributed by atoms with Crippen LogP contribution in [-0.2, 0) is 0 Å². The zero-order valence-electron chi connectivity index (χ0n) is 8.98. The zero-order valence-corrected chi connectivity index (χ0v) is 12.1. The highest BCUT2D eigenvalue weighted by molar-refractivity contribution is 9.10. The third-order valence-electron chi connectivity index (χ3n) is 2.23. The minimum Gasteiger partial charge on any atom is -0.397 e. The summed E-state index contributed by atoms with van der Waals surface area (Å²) in [5.41, 5.74) is 7.27. The van der Waals surface area contributed by atoms with E-state index in [0.717, 1.165) is 0 Å². The molecule has 0 heterocycles. The molecule has 2 aromatic carbocycles. The van der Waals surface area contributed by atoms with Gasteiger partial charge in [0.25, 0.3) is 0 Å². The molecule has 0 fully saturated rings. The molecule has 2 rings (SSSR count). The van der Waals surface area contributed by atoms with Gasteiger partial charge in [-0.2, -0.15) is 0 Å². The highest BCUT2D eigenvalue weighted by Gasteiger charge is 2.07. The fourth-order valence-corrected chi connectivity index (χ4v) is 2.32. The molecule has 0 aliphatic rings. The van der Waals surface area contributed by atoms with E-state index >= 15 is 0 Å². The van der Waals surface area contributed by atoms with E-state index in [4.69, 9.17) is 28.9 Å². The molecule has 6 heteroatoms. The molecule has 0 aliphatic carbocycles. The van der Waals surface area contributed by atoms with E-state index in [1.165, 1.54) is 6.07 Å². The summed E-state index contributed by atoms with van der Waals surface area (Å²) >= 11 is 14.9. The van der Waals surface area contributed by atoms with E-state index in [-0.39, 0.29) is 0 Å². The summed E-state index contributed by atoms with van der Waals surface area (Å²) in [6.07, 6.45) is 0. The van der Waals surface area contributed by atoms with Gasteiger partial charge in [-0.15, -0.1) is 0 Å². The van der Waals surface area contributed by atoms with Gasteiger partial charge in [0.05, 0.1) is 15.8 Å². The third-order valence-corrected chi connectivity index (χ3v) is 3.28. The standard InChI is InChI=1S/C12H8BrCl2FN2/c13-9-4-12(11(17)5-10(9)16)18-8-2-6(14)1-7(15)3-8/h1-5,18H,17H2. The SMILES string of the molecule is Nc1cc(F)c(Br)cc1Nc1cc(Cl)cc(Cl)c1. The van der Waals surface area contributed by atoms with Crippen LogP contribution in [0.5, 0.6) is 0 Å². The Morgan fingerprint density at radius 3 is 2.28 bits per heavy atom. The van der Waals surface area contributed by atoms with Crippen molar-refractivity contribution in [2.45, 2.75) is 0 Å². The van der Waals surface area contributed by atoms with Crippen molar-refractivity contribution in [3.8, 4) is 0 Å². The van der Waals surface area contributed by atoms with E-state index in [2.05, 4.69) is 21.2 Å².